The summed E-state index contributed by atoms with van der Waals surface area (Å²) in [6, 6.07) is 5.42. The van der Waals surface area contributed by atoms with E-state index in [2.05, 4.69) is 4.98 Å². The number of hydrogen-bond acceptors (Lipinski definition) is 5. The highest BCUT2D eigenvalue weighted by molar-refractivity contribution is 7.12. The number of rotatable bonds is 2. The molecule has 1 amide bonds. The molecule has 0 aliphatic carbocycles. The van der Waals surface area contributed by atoms with Crippen molar-refractivity contribution < 1.29 is 14.3 Å². The maximum atomic E-state index is 12.8. The second kappa shape index (κ2) is 5.88. The summed E-state index contributed by atoms with van der Waals surface area (Å²) in [6.45, 7) is 2.48. The molecule has 1 aromatic carbocycles. The van der Waals surface area contributed by atoms with Gasteiger partial charge in [-0.3, -0.25) is 4.79 Å². The normalized spacial score (nSPS) is 13.6. The molecule has 0 atom stereocenters. The van der Waals surface area contributed by atoms with Crippen molar-refractivity contribution >= 4 is 28.9 Å². The number of ether oxygens (including phenoxy) is 1. The number of nitrogens with zero attached hydrogens (tertiary/aromatic N) is 2. The average Bonchev–Trinajstić information content (AvgIpc) is 2.98. The minimum atomic E-state index is -0.361. The number of carbonyl (C=O) groups excluding carboxylic acids is 2. The van der Waals surface area contributed by atoms with Crippen molar-refractivity contribution in [3.8, 4) is 0 Å². The monoisotopic (exact) mass is 316 g/mol. The molecule has 0 spiro atoms. The molecule has 0 bridgehead atoms. The molecule has 114 valence electrons. The molecule has 0 N–H and O–H groups in total. The molecule has 0 unspecified atom stereocenters. The summed E-state index contributed by atoms with van der Waals surface area (Å²) in [4.78, 5) is 31.2. The van der Waals surface area contributed by atoms with Crippen molar-refractivity contribution in [1.29, 1.82) is 0 Å². The van der Waals surface area contributed by atoms with E-state index < -0.39 is 0 Å². The molecule has 0 saturated heterocycles. The van der Waals surface area contributed by atoms with Crippen LogP contribution in [0.25, 0.3) is 0 Å². The Morgan fingerprint density at radius 2 is 2.18 bits per heavy atom. The first-order valence-electron chi connectivity index (χ1n) is 7.05. The predicted molar refractivity (Wildman–Crippen MR) is 84.6 cm³/mol. The third-order valence-electron chi connectivity index (χ3n) is 3.84. The number of fused-ring (bicyclic) bond motifs is 1. The van der Waals surface area contributed by atoms with Crippen molar-refractivity contribution in [1.82, 2.24) is 4.98 Å². The molecule has 0 saturated carbocycles. The van der Waals surface area contributed by atoms with Crippen LogP contribution in [0.4, 0.5) is 5.69 Å². The fourth-order valence-electron chi connectivity index (χ4n) is 2.77. The van der Waals surface area contributed by atoms with Gasteiger partial charge in [0.1, 0.15) is 4.88 Å². The lowest BCUT2D eigenvalue weighted by atomic mass is 9.96. The van der Waals surface area contributed by atoms with E-state index in [4.69, 9.17) is 4.74 Å². The fourth-order valence-corrected chi connectivity index (χ4v) is 3.52. The maximum absolute atomic E-state index is 12.8. The van der Waals surface area contributed by atoms with Gasteiger partial charge in [0.25, 0.3) is 5.91 Å². The average molecular weight is 316 g/mol. The lowest BCUT2D eigenvalue weighted by Crippen LogP contribution is -2.36. The van der Waals surface area contributed by atoms with Gasteiger partial charge in [-0.05, 0) is 37.5 Å². The van der Waals surface area contributed by atoms with E-state index >= 15 is 0 Å². The number of methoxy groups -OCH3 is 1. The van der Waals surface area contributed by atoms with Crippen LogP contribution in [0.2, 0.25) is 0 Å². The van der Waals surface area contributed by atoms with Crippen LogP contribution in [-0.4, -0.2) is 30.5 Å². The highest BCUT2D eigenvalue weighted by atomic mass is 32.1. The first kappa shape index (κ1) is 14.7. The van der Waals surface area contributed by atoms with Crippen molar-refractivity contribution in [3.05, 3.63) is 45.4 Å². The van der Waals surface area contributed by atoms with Gasteiger partial charge in [-0.1, -0.05) is 6.07 Å². The summed E-state index contributed by atoms with van der Waals surface area (Å²) >= 11 is 1.35. The Labute approximate surface area is 132 Å². The number of carbonyl (C=O) groups is 2. The smallest absolute Gasteiger partial charge is 0.338 e. The molecule has 5 nitrogen and oxygen atoms in total. The van der Waals surface area contributed by atoms with Crippen LogP contribution in [0.5, 0.6) is 0 Å². The van der Waals surface area contributed by atoms with Gasteiger partial charge in [0.15, 0.2) is 0 Å². The van der Waals surface area contributed by atoms with Crippen molar-refractivity contribution in [2.24, 2.45) is 0 Å². The molecule has 0 radical (unpaired) electrons. The summed E-state index contributed by atoms with van der Waals surface area (Å²) in [6.07, 6.45) is 1.59. The number of amides is 1. The summed E-state index contributed by atoms with van der Waals surface area (Å²) in [5.74, 6) is -0.414. The van der Waals surface area contributed by atoms with Crippen LogP contribution in [0, 0.1) is 6.92 Å². The van der Waals surface area contributed by atoms with Gasteiger partial charge in [-0.15, -0.1) is 11.3 Å². The molecule has 0 fully saturated rings. The second-order valence-electron chi connectivity index (χ2n) is 5.12. The Morgan fingerprint density at radius 1 is 1.36 bits per heavy atom. The van der Waals surface area contributed by atoms with E-state index in [-0.39, 0.29) is 11.9 Å². The second-order valence-corrected chi connectivity index (χ2v) is 5.98. The topological polar surface area (TPSA) is 59.5 Å². The van der Waals surface area contributed by atoms with E-state index in [1.54, 1.807) is 22.5 Å². The van der Waals surface area contributed by atoms with Gasteiger partial charge in [-0.25, -0.2) is 9.78 Å². The zero-order valence-electron chi connectivity index (χ0n) is 12.5. The van der Waals surface area contributed by atoms with Crippen LogP contribution in [0.1, 0.15) is 37.7 Å². The lowest BCUT2D eigenvalue weighted by Gasteiger charge is -2.30. The fraction of sp³-hybridized carbons (Fsp3) is 0.312. The SMILES string of the molecule is COC(=O)c1cccc2c1CCCN2C(=O)c1scnc1C. The van der Waals surface area contributed by atoms with E-state index in [1.807, 2.05) is 13.0 Å². The van der Waals surface area contributed by atoms with Gasteiger partial charge < -0.3 is 9.64 Å². The molecular weight excluding hydrogens is 300 g/mol. The highest BCUT2D eigenvalue weighted by Gasteiger charge is 2.28. The van der Waals surface area contributed by atoms with Crippen LogP contribution < -0.4 is 4.90 Å². The molecule has 6 heteroatoms. The molecule has 1 aromatic heterocycles. The van der Waals surface area contributed by atoms with Gasteiger partial charge >= 0.3 is 5.97 Å². The Bertz CT molecular complexity index is 739. The minimum Gasteiger partial charge on any atom is -0.465 e. The summed E-state index contributed by atoms with van der Waals surface area (Å²) < 4.78 is 4.84. The van der Waals surface area contributed by atoms with Gasteiger partial charge in [0.2, 0.25) is 0 Å². The van der Waals surface area contributed by atoms with E-state index in [0.29, 0.717) is 17.0 Å². The molecule has 3 rings (SSSR count). The lowest BCUT2D eigenvalue weighted by molar-refractivity contribution is 0.0599. The summed E-state index contributed by atoms with van der Waals surface area (Å²) in [7, 11) is 1.37. The predicted octanol–water partition coefficient (Wildman–Crippen LogP) is 2.83. The Morgan fingerprint density at radius 3 is 2.86 bits per heavy atom. The first-order valence-corrected chi connectivity index (χ1v) is 7.93. The van der Waals surface area contributed by atoms with E-state index in [0.717, 1.165) is 29.8 Å². The number of benzene rings is 1. The molecule has 1 aliphatic heterocycles. The standard InChI is InChI=1S/C16H16N2O3S/c1-10-14(22-9-17-10)15(19)18-8-4-6-11-12(16(20)21-2)5-3-7-13(11)18/h3,5,7,9H,4,6,8H2,1-2H3. The summed E-state index contributed by atoms with van der Waals surface area (Å²) in [5.41, 5.74) is 4.64. The Balaban J connectivity index is 2.04. The third-order valence-corrected chi connectivity index (χ3v) is 4.76. The highest BCUT2D eigenvalue weighted by Crippen LogP contribution is 2.32. The van der Waals surface area contributed by atoms with Crippen LogP contribution in [0.3, 0.4) is 0 Å². The number of esters is 1. The number of aromatic nitrogens is 1. The number of anilines is 1. The molecule has 2 heterocycles. The molecule has 2 aromatic rings. The number of aryl methyl sites for hydroxylation is 1. The number of thiazole rings is 1. The summed E-state index contributed by atoms with van der Waals surface area (Å²) in [5, 5.41) is 0. The maximum Gasteiger partial charge on any atom is 0.338 e. The van der Waals surface area contributed by atoms with Crippen LogP contribution in [-0.2, 0) is 11.2 Å². The molecular formula is C16H16N2O3S. The van der Waals surface area contributed by atoms with Gasteiger partial charge in [0.05, 0.1) is 23.9 Å². The minimum absolute atomic E-state index is 0.0528. The van der Waals surface area contributed by atoms with Gasteiger partial charge in [-0.2, -0.15) is 0 Å². The molecule has 22 heavy (non-hydrogen) atoms. The van der Waals surface area contributed by atoms with Crippen LogP contribution >= 0.6 is 11.3 Å². The Kier molecular flexibility index (Phi) is 3.94. The zero-order chi connectivity index (χ0) is 15.7. The molecule has 1 aliphatic rings. The zero-order valence-corrected chi connectivity index (χ0v) is 13.3. The van der Waals surface area contributed by atoms with Crippen molar-refractivity contribution in [3.63, 3.8) is 0 Å². The van der Waals surface area contributed by atoms with E-state index in [9.17, 15) is 9.59 Å². The van der Waals surface area contributed by atoms with E-state index in [1.165, 1.54) is 18.4 Å². The third kappa shape index (κ3) is 2.39. The van der Waals surface area contributed by atoms with Crippen molar-refractivity contribution in [2.45, 2.75) is 19.8 Å². The Hall–Kier alpha value is -2.21. The largest absolute Gasteiger partial charge is 0.465 e. The van der Waals surface area contributed by atoms with Gasteiger partial charge in [0, 0.05) is 12.2 Å². The number of hydrogen-bond donors (Lipinski definition) is 0. The van der Waals surface area contributed by atoms with Crippen LogP contribution in [0.15, 0.2) is 23.7 Å². The quantitative estimate of drug-likeness (QED) is 0.799. The first-order chi connectivity index (χ1) is 10.6. The van der Waals surface area contributed by atoms with Crippen molar-refractivity contribution in [2.75, 3.05) is 18.6 Å².